The average Bonchev–Trinajstić information content (AvgIpc) is 2.74. The summed E-state index contributed by atoms with van der Waals surface area (Å²) in [5.74, 6) is 0. The second-order valence-corrected chi connectivity index (χ2v) is 11.0. The third-order valence-electron chi connectivity index (χ3n) is 4.94. The first kappa shape index (κ1) is 30.6. The fraction of sp³-hybridized carbons (Fsp3) is 0.720. The van der Waals surface area contributed by atoms with Crippen LogP contribution in [0.3, 0.4) is 0 Å². The summed E-state index contributed by atoms with van der Waals surface area (Å²) >= 11 is 0. The molecule has 0 heterocycles. The lowest BCUT2D eigenvalue weighted by Gasteiger charge is -2.27. The van der Waals surface area contributed by atoms with Crippen LogP contribution in [0.25, 0.3) is 0 Å². The number of rotatable bonds is 18. The monoisotopic (exact) mass is 469 g/mol. The van der Waals surface area contributed by atoms with Crippen LogP contribution in [-0.4, -0.2) is 48.4 Å². The topological polar surface area (TPSA) is 66.0 Å². The Hall–Kier alpha value is -1.41. The van der Waals surface area contributed by atoms with Gasteiger partial charge in [-0.2, -0.15) is 0 Å². The molecule has 0 saturated heterocycles. The molecule has 1 amide bonds. The zero-order chi connectivity index (χ0) is 24.2. The van der Waals surface area contributed by atoms with Crippen LogP contribution < -0.4 is 5.32 Å². The number of allylic oxidation sites excluding steroid dienone is 5. The Balaban J connectivity index is 4.01. The van der Waals surface area contributed by atoms with E-state index in [1.807, 2.05) is 13.8 Å². The first-order valence-corrected chi connectivity index (χ1v) is 13.9. The Labute approximate surface area is 197 Å². The lowest BCUT2D eigenvalue weighted by Crippen LogP contribution is -2.45. The van der Waals surface area contributed by atoms with Crippen molar-refractivity contribution in [2.75, 3.05) is 33.5 Å². The predicted octanol–water partition coefficient (Wildman–Crippen LogP) is 6.57. The maximum absolute atomic E-state index is 11.9. The van der Waals surface area contributed by atoms with Crippen molar-refractivity contribution in [2.45, 2.75) is 86.1 Å². The minimum absolute atomic E-state index is 0.384. The molecule has 0 atom stereocenters. The Bertz CT molecular complexity index is 591. The van der Waals surface area contributed by atoms with Gasteiger partial charge in [-0.15, -0.1) is 0 Å². The minimum atomic E-state index is -2.62. The van der Waals surface area contributed by atoms with Crippen LogP contribution in [0.1, 0.15) is 80.1 Å². The van der Waals surface area contributed by atoms with Crippen molar-refractivity contribution in [3.8, 4) is 0 Å². The predicted molar refractivity (Wildman–Crippen MR) is 135 cm³/mol. The van der Waals surface area contributed by atoms with Gasteiger partial charge in [-0.1, -0.05) is 34.9 Å². The summed E-state index contributed by atoms with van der Waals surface area (Å²) in [4.78, 5) is 11.9. The molecule has 186 valence electrons. The van der Waals surface area contributed by atoms with Crippen molar-refractivity contribution >= 4 is 14.9 Å². The molecular weight excluding hydrogens is 422 g/mol. The maximum Gasteiger partial charge on any atom is 0.500 e. The van der Waals surface area contributed by atoms with Crippen molar-refractivity contribution in [1.82, 2.24) is 5.32 Å². The molecule has 7 heteroatoms. The van der Waals surface area contributed by atoms with E-state index < -0.39 is 8.80 Å². The highest BCUT2D eigenvalue weighted by Gasteiger charge is 2.38. The summed E-state index contributed by atoms with van der Waals surface area (Å²) in [5.41, 5.74) is 4.16. The second kappa shape index (κ2) is 19.1. The van der Waals surface area contributed by atoms with E-state index in [1.165, 1.54) is 16.7 Å². The van der Waals surface area contributed by atoms with Gasteiger partial charge in [0.15, 0.2) is 0 Å². The molecule has 0 unspecified atom stereocenters. The molecule has 0 bridgehead atoms. The van der Waals surface area contributed by atoms with Gasteiger partial charge in [-0.3, -0.25) is 0 Å². The van der Waals surface area contributed by atoms with E-state index in [0.717, 1.165) is 38.5 Å². The Morgan fingerprint density at radius 3 is 1.97 bits per heavy atom. The normalized spacial score (nSPS) is 12.6. The van der Waals surface area contributed by atoms with E-state index in [-0.39, 0.29) is 6.09 Å². The van der Waals surface area contributed by atoms with Crippen LogP contribution in [0.5, 0.6) is 0 Å². The number of carbonyl (C=O) groups excluding carboxylic acids is 1. The van der Waals surface area contributed by atoms with E-state index in [9.17, 15) is 4.79 Å². The molecule has 0 aliphatic rings. The van der Waals surface area contributed by atoms with Crippen LogP contribution in [0, 0.1) is 0 Å². The van der Waals surface area contributed by atoms with Gasteiger partial charge in [0.2, 0.25) is 0 Å². The Kier molecular flexibility index (Phi) is 18.2. The molecule has 0 saturated carbocycles. The Morgan fingerprint density at radius 1 is 0.875 bits per heavy atom. The largest absolute Gasteiger partial charge is 0.500 e. The van der Waals surface area contributed by atoms with Gasteiger partial charge in [-0.25, -0.2) is 4.79 Å². The fourth-order valence-electron chi connectivity index (χ4n) is 3.19. The first-order valence-electron chi connectivity index (χ1n) is 12.0. The van der Waals surface area contributed by atoms with Gasteiger partial charge in [-0.05, 0) is 80.1 Å². The summed E-state index contributed by atoms with van der Waals surface area (Å²) in [6.07, 6.45) is 12.2. The van der Waals surface area contributed by atoms with Crippen molar-refractivity contribution in [1.29, 1.82) is 0 Å². The summed E-state index contributed by atoms with van der Waals surface area (Å²) in [6, 6.07) is 0.663. The summed E-state index contributed by atoms with van der Waals surface area (Å²) in [7, 11) is -0.999. The molecule has 6 nitrogen and oxygen atoms in total. The lowest BCUT2D eigenvalue weighted by molar-refractivity contribution is 0.0859. The molecule has 1 N–H and O–H groups in total. The van der Waals surface area contributed by atoms with Gasteiger partial charge >= 0.3 is 14.9 Å². The molecule has 0 aromatic carbocycles. The number of nitrogens with one attached hydrogen (secondary N) is 1. The molecule has 0 rings (SSSR count). The molecule has 0 aliphatic carbocycles. The van der Waals surface area contributed by atoms with Gasteiger partial charge < -0.3 is 23.3 Å². The molecule has 0 aliphatic heterocycles. The number of amides is 1. The van der Waals surface area contributed by atoms with Gasteiger partial charge in [0.05, 0.1) is 6.61 Å². The maximum atomic E-state index is 11.9. The Morgan fingerprint density at radius 2 is 1.44 bits per heavy atom. The number of alkyl carbamates (subject to hydrolysis) is 1. The van der Waals surface area contributed by atoms with E-state index in [4.69, 9.17) is 18.0 Å². The number of carbonyl (C=O) groups is 1. The van der Waals surface area contributed by atoms with Crippen molar-refractivity contribution in [3.63, 3.8) is 0 Å². The third-order valence-corrected chi connectivity index (χ3v) is 7.98. The standard InChI is InChI=1S/C25H47NO5Si/c1-8-30-32(28-7,31-9-2)21-13-19-26-25(27)29-20-12-18-24(6)17-11-16-23(5)15-10-14-22(3)4/h14,16,18H,8-13,15,17,19-21H2,1-7H3,(H,26,27)/b23-16+,24-18+. The molecule has 0 radical (unpaired) electrons. The van der Waals surface area contributed by atoms with Crippen LogP contribution in [0.15, 0.2) is 34.9 Å². The highest BCUT2D eigenvalue weighted by molar-refractivity contribution is 6.60. The van der Waals surface area contributed by atoms with E-state index in [1.54, 1.807) is 7.11 Å². The van der Waals surface area contributed by atoms with E-state index in [2.05, 4.69) is 51.2 Å². The minimum Gasteiger partial charge on any atom is -0.449 e. The quantitative estimate of drug-likeness (QED) is 0.140. The zero-order valence-corrected chi connectivity index (χ0v) is 22.6. The van der Waals surface area contributed by atoms with Gasteiger partial charge in [0.25, 0.3) is 0 Å². The zero-order valence-electron chi connectivity index (χ0n) is 21.6. The number of hydrogen-bond donors (Lipinski definition) is 1. The molecule has 0 aromatic heterocycles. The second-order valence-electron chi connectivity index (χ2n) is 8.17. The SMILES string of the molecule is CCO[Si](CCCNC(=O)OCC/C=C(\C)CC/C=C(\C)CCC=C(C)C)(OC)OCC. The average molecular weight is 470 g/mol. The molecule has 0 spiro atoms. The van der Waals surface area contributed by atoms with E-state index >= 15 is 0 Å². The summed E-state index contributed by atoms with van der Waals surface area (Å²) < 4.78 is 22.3. The van der Waals surface area contributed by atoms with Crippen molar-refractivity contribution in [3.05, 3.63) is 34.9 Å². The fourth-order valence-corrected chi connectivity index (χ4v) is 5.49. The highest BCUT2D eigenvalue weighted by atomic mass is 28.4. The first-order chi connectivity index (χ1) is 15.3. The van der Waals surface area contributed by atoms with Crippen molar-refractivity contribution < 1.29 is 22.8 Å². The molecule has 0 fully saturated rings. The molecule has 32 heavy (non-hydrogen) atoms. The third kappa shape index (κ3) is 16.3. The number of ether oxygens (including phenoxy) is 1. The van der Waals surface area contributed by atoms with Crippen LogP contribution >= 0.6 is 0 Å². The van der Waals surface area contributed by atoms with Crippen molar-refractivity contribution in [2.24, 2.45) is 0 Å². The molecule has 0 aromatic rings. The smallest absolute Gasteiger partial charge is 0.449 e. The number of hydrogen-bond acceptors (Lipinski definition) is 5. The summed E-state index contributed by atoms with van der Waals surface area (Å²) in [6.45, 7) is 14.5. The lowest BCUT2D eigenvalue weighted by atomic mass is 10.1. The van der Waals surface area contributed by atoms with Crippen LogP contribution in [0.4, 0.5) is 4.79 Å². The molecular formula is C25H47NO5Si. The van der Waals surface area contributed by atoms with Gasteiger partial charge in [0.1, 0.15) is 0 Å². The van der Waals surface area contributed by atoms with Crippen LogP contribution in [-0.2, 0) is 18.0 Å². The van der Waals surface area contributed by atoms with Gasteiger partial charge in [0, 0.05) is 32.9 Å². The highest BCUT2D eigenvalue weighted by Crippen LogP contribution is 2.16. The summed E-state index contributed by atoms with van der Waals surface area (Å²) in [5, 5.41) is 2.78. The van der Waals surface area contributed by atoms with Crippen LogP contribution in [0.2, 0.25) is 6.04 Å². The van der Waals surface area contributed by atoms with E-state index in [0.29, 0.717) is 32.4 Å².